The Morgan fingerprint density at radius 2 is 2.19 bits per heavy atom. The van der Waals surface area contributed by atoms with Gasteiger partial charge in [-0.15, -0.1) is 0 Å². The average Bonchev–Trinajstić information content (AvgIpc) is 3.14. The van der Waals surface area contributed by atoms with Gasteiger partial charge in [-0.25, -0.2) is 4.98 Å². The number of aliphatic hydroxyl groups is 1. The van der Waals surface area contributed by atoms with Crippen molar-refractivity contribution in [2.24, 2.45) is 0 Å². The maximum atomic E-state index is 12.5. The van der Waals surface area contributed by atoms with Gasteiger partial charge in [0.15, 0.2) is 0 Å². The average molecular weight is 366 g/mol. The van der Waals surface area contributed by atoms with Crippen LogP contribution in [0.4, 0.5) is 5.69 Å². The third-order valence-corrected chi connectivity index (χ3v) is 5.25. The summed E-state index contributed by atoms with van der Waals surface area (Å²) in [6.45, 7) is 0.198. The fourth-order valence-electron chi connectivity index (χ4n) is 2.99. The highest BCUT2D eigenvalue weighted by molar-refractivity contribution is 8.00. The number of pyridine rings is 2. The molecule has 2 aromatic heterocycles. The predicted octanol–water partition coefficient (Wildman–Crippen LogP) is 2.93. The SMILES string of the molecule is CN(CCO)C(=O)c1ccc2cncc(-c3ccc4c(c3)CSN4)c2n1. The van der Waals surface area contributed by atoms with Crippen molar-refractivity contribution in [2.45, 2.75) is 5.75 Å². The Morgan fingerprint density at radius 1 is 1.31 bits per heavy atom. The lowest BCUT2D eigenvalue weighted by Gasteiger charge is -2.15. The fraction of sp³-hybridized carbons (Fsp3) is 0.211. The first-order valence-electron chi connectivity index (χ1n) is 8.29. The number of aromatic nitrogens is 2. The molecule has 1 aliphatic heterocycles. The summed E-state index contributed by atoms with van der Waals surface area (Å²) in [5.74, 6) is 0.711. The molecule has 7 heteroatoms. The van der Waals surface area contributed by atoms with E-state index in [1.807, 2.05) is 12.1 Å². The minimum atomic E-state index is -0.210. The highest BCUT2D eigenvalue weighted by Gasteiger charge is 2.16. The second-order valence-electron chi connectivity index (χ2n) is 6.17. The summed E-state index contributed by atoms with van der Waals surface area (Å²) >= 11 is 1.67. The van der Waals surface area contributed by atoms with Crippen LogP contribution in [0, 0.1) is 0 Å². The van der Waals surface area contributed by atoms with Gasteiger partial charge >= 0.3 is 0 Å². The summed E-state index contributed by atoms with van der Waals surface area (Å²) in [5, 5.41) is 9.93. The Balaban J connectivity index is 1.80. The summed E-state index contributed by atoms with van der Waals surface area (Å²) in [4.78, 5) is 22.9. The van der Waals surface area contributed by atoms with Crippen molar-refractivity contribution in [3.8, 4) is 11.1 Å². The van der Waals surface area contributed by atoms with Gasteiger partial charge < -0.3 is 14.7 Å². The molecule has 0 unspecified atom stereocenters. The van der Waals surface area contributed by atoms with Crippen LogP contribution in [-0.2, 0) is 5.75 Å². The normalized spacial score (nSPS) is 12.7. The molecule has 0 saturated carbocycles. The van der Waals surface area contributed by atoms with Crippen LogP contribution in [0.15, 0.2) is 42.7 Å². The Bertz CT molecular complexity index is 992. The molecule has 0 bridgehead atoms. The predicted molar refractivity (Wildman–Crippen MR) is 104 cm³/mol. The zero-order valence-electron chi connectivity index (χ0n) is 14.3. The van der Waals surface area contributed by atoms with Crippen molar-refractivity contribution in [1.29, 1.82) is 0 Å². The van der Waals surface area contributed by atoms with Crippen LogP contribution < -0.4 is 4.72 Å². The smallest absolute Gasteiger partial charge is 0.272 e. The van der Waals surface area contributed by atoms with E-state index < -0.39 is 0 Å². The summed E-state index contributed by atoms with van der Waals surface area (Å²) in [6, 6.07) is 9.82. The number of likely N-dealkylation sites (N-methyl/N-ethyl adjacent to an activating group) is 1. The van der Waals surface area contributed by atoms with E-state index in [1.165, 1.54) is 10.5 Å². The van der Waals surface area contributed by atoms with Gasteiger partial charge in [-0.2, -0.15) is 0 Å². The van der Waals surface area contributed by atoms with Gasteiger partial charge in [-0.05, 0) is 47.3 Å². The number of nitrogens with zero attached hydrogens (tertiary/aromatic N) is 3. The molecular formula is C19H18N4O2S. The molecule has 2 N–H and O–H groups in total. The van der Waals surface area contributed by atoms with Crippen molar-refractivity contribution >= 4 is 34.4 Å². The van der Waals surface area contributed by atoms with Crippen LogP contribution in [0.2, 0.25) is 0 Å². The van der Waals surface area contributed by atoms with Gasteiger partial charge in [0.2, 0.25) is 0 Å². The van der Waals surface area contributed by atoms with Crippen molar-refractivity contribution < 1.29 is 9.90 Å². The van der Waals surface area contributed by atoms with Gasteiger partial charge in [0.05, 0.1) is 12.1 Å². The van der Waals surface area contributed by atoms with E-state index in [-0.39, 0.29) is 19.1 Å². The molecule has 6 nitrogen and oxygen atoms in total. The lowest BCUT2D eigenvalue weighted by atomic mass is 10.0. The van der Waals surface area contributed by atoms with Gasteiger partial charge in [0.1, 0.15) is 5.69 Å². The van der Waals surface area contributed by atoms with Gasteiger partial charge in [-0.1, -0.05) is 6.07 Å². The molecule has 0 fully saturated rings. The van der Waals surface area contributed by atoms with Crippen LogP contribution >= 0.6 is 11.9 Å². The molecule has 0 saturated heterocycles. The number of fused-ring (bicyclic) bond motifs is 2. The molecule has 1 amide bonds. The van der Waals surface area contributed by atoms with E-state index in [2.05, 4.69) is 26.8 Å². The number of rotatable bonds is 4. The molecule has 1 aliphatic rings. The first-order valence-corrected chi connectivity index (χ1v) is 9.28. The number of carbonyl (C=O) groups excluding carboxylic acids is 1. The fourth-order valence-corrected chi connectivity index (χ4v) is 3.81. The lowest BCUT2D eigenvalue weighted by Crippen LogP contribution is -2.30. The summed E-state index contributed by atoms with van der Waals surface area (Å²) in [5.41, 5.74) is 5.44. The number of aliphatic hydroxyl groups excluding tert-OH is 1. The molecular weight excluding hydrogens is 348 g/mol. The molecule has 132 valence electrons. The largest absolute Gasteiger partial charge is 0.395 e. The van der Waals surface area contributed by atoms with Crippen LogP contribution in [0.1, 0.15) is 16.1 Å². The molecule has 0 atom stereocenters. The third-order valence-electron chi connectivity index (χ3n) is 4.43. The molecule has 4 rings (SSSR count). The van der Waals surface area contributed by atoms with Gasteiger partial charge in [0, 0.05) is 48.4 Å². The highest BCUT2D eigenvalue weighted by Crippen LogP contribution is 2.35. The first-order chi connectivity index (χ1) is 12.7. The molecule has 3 heterocycles. The van der Waals surface area contributed by atoms with Crippen molar-refractivity contribution in [3.05, 3.63) is 54.0 Å². The van der Waals surface area contributed by atoms with E-state index in [9.17, 15) is 4.79 Å². The van der Waals surface area contributed by atoms with Crippen LogP contribution in [-0.4, -0.2) is 46.1 Å². The summed E-state index contributed by atoms with van der Waals surface area (Å²) in [6.07, 6.45) is 3.54. The van der Waals surface area contributed by atoms with Crippen molar-refractivity contribution in [2.75, 3.05) is 24.9 Å². The second kappa shape index (κ2) is 6.93. The zero-order chi connectivity index (χ0) is 18.1. The maximum absolute atomic E-state index is 12.5. The quantitative estimate of drug-likeness (QED) is 0.691. The summed E-state index contributed by atoms with van der Waals surface area (Å²) in [7, 11) is 1.66. The number of nitrogens with one attached hydrogen (secondary N) is 1. The Hall–Kier alpha value is -2.64. The van der Waals surface area contributed by atoms with Crippen molar-refractivity contribution in [3.63, 3.8) is 0 Å². The number of amides is 1. The number of anilines is 1. The standard InChI is InChI=1S/C19H18N4O2S/c1-23(6-7-24)19(25)17-5-3-13-9-20-10-15(18(13)21-17)12-2-4-16-14(8-12)11-26-22-16/h2-5,8-10,22,24H,6-7,11H2,1H3. The van der Waals surface area contributed by atoms with Crippen LogP contribution in [0.25, 0.3) is 22.0 Å². The lowest BCUT2D eigenvalue weighted by molar-refractivity contribution is 0.0761. The Morgan fingerprint density at radius 3 is 3.04 bits per heavy atom. The molecule has 0 radical (unpaired) electrons. The molecule has 1 aromatic carbocycles. The Labute approximate surface area is 155 Å². The van der Waals surface area contributed by atoms with Gasteiger partial charge in [-0.3, -0.25) is 9.78 Å². The number of carbonyl (C=O) groups is 1. The van der Waals surface area contributed by atoms with E-state index in [4.69, 9.17) is 5.11 Å². The minimum Gasteiger partial charge on any atom is -0.395 e. The van der Waals surface area contributed by atoms with Crippen LogP contribution in [0.5, 0.6) is 0 Å². The van der Waals surface area contributed by atoms with Crippen LogP contribution in [0.3, 0.4) is 0 Å². The minimum absolute atomic E-state index is 0.0772. The second-order valence-corrected chi connectivity index (χ2v) is 6.95. The third kappa shape index (κ3) is 3.00. The topological polar surface area (TPSA) is 78.3 Å². The molecule has 26 heavy (non-hydrogen) atoms. The number of hydrogen-bond acceptors (Lipinski definition) is 6. The highest BCUT2D eigenvalue weighted by atomic mass is 32.2. The monoisotopic (exact) mass is 366 g/mol. The van der Waals surface area contributed by atoms with E-state index in [1.54, 1.807) is 37.5 Å². The molecule has 0 spiro atoms. The molecule has 3 aromatic rings. The first kappa shape index (κ1) is 16.8. The molecule has 0 aliphatic carbocycles. The zero-order valence-corrected chi connectivity index (χ0v) is 15.1. The maximum Gasteiger partial charge on any atom is 0.272 e. The van der Waals surface area contributed by atoms with Crippen molar-refractivity contribution in [1.82, 2.24) is 14.9 Å². The van der Waals surface area contributed by atoms with E-state index in [0.717, 1.165) is 33.5 Å². The van der Waals surface area contributed by atoms with E-state index >= 15 is 0 Å². The number of hydrogen-bond donors (Lipinski definition) is 2. The van der Waals surface area contributed by atoms with Gasteiger partial charge in [0.25, 0.3) is 5.91 Å². The summed E-state index contributed by atoms with van der Waals surface area (Å²) < 4.78 is 3.28. The number of benzene rings is 1. The van der Waals surface area contributed by atoms with E-state index in [0.29, 0.717) is 5.69 Å². The Kier molecular flexibility index (Phi) is 4.48.